The fourth-order valence-electron chi connectivity index (χ4n) is 3.99. The molecule has 2 saturated heterocycles. The average molecular weight is 365 g/mol. The van der Waals surface area contributed by atoms with Gasteiger partial charge in [0.05, 0.1) is 23.3 Å². The summed E-state index contributed by atoms with van der Waals surface area (Å²) in [6, 6.07) is 1.81. The maximum absolute atomic E-state index is 4.49. The Labute approximate surface area is 138 Å². The van der Waals surface area contributed by atoms with E-state index in [1.165, 1.54) is 25.7 Å². The van der Waals surface area contributed by atoms with Gasteiger partial charge in [-0.3, -0.25) is 9.58 Å². The van der Waals surface area contributed by atoms with Crippen LogP contribution in [0.4, 0.5) is 0 Å². The van der Waals surface area contributed by atoms with Crippen molar-refractivity contribution in [2.75, 3.05) is 0 Å². The number of hydrogen-bond donors (Lipinski definition) is 0. The van der Waals surface area contributed by atoms with Crippen molar-refractivity contribution < 1.29 is 0 Å². The van der Waals surface area contributed by atoms with E-state index in [0.717, 1.165) is 22.7 Å². The van der Waals surface area contributed by atoms with Gasteiger partial charge in [-0.25, -0.2) is 0 Å². The normalized spacial score (nSPS) is 28.4. The summed E-state index contributed by atoms with van der Waals surface area (Å²) in [7, 11) is 2.06. The van der Waals surface area contributed by atoms with Crippen molar-refractivity contribution in [1.29, 1.82) is 0 Å². The molecule has 4 rings (SSSR count). The van der Waals surface area contributed by atoms with Crippen LogP contribution in [0, 0.1) is 6.92 Å². The van der Waals surface area contributed by atoms with Crippen molar-refractivity contribution in [2.24, 2.45) is 7.05 Å². The van der Waals surface area contributed by atoms with Crippen LogP contribution in [0.25, 0.3) is 0 Å². The molecule has 2 aromatic rings. The van der Waals surface area contributed by atoms with Gasteiger partial charge in [0, 0.05) is 25.3 Å². The fraction of sp³-hybridized carbons (Fsp3) is 0.667. The van der Waals surface area contributed by atoms with E-state index in [1.807, 2.05) is 13.1 Å². The zero-order valence-corrected chi connectivity index (χ0v) is 14.6. The second-order valence-electron chi connectivity index (χ2n) is 6.54. The highest BCUT2D eigenvalue weighted by molar-refractivity contribution is 9.10. The number of piperidine rings is 1. The SMILES string of the molecule is Cc1nnc(CN2C3CCC2CC(n2cc(Br)cn2)C3)n1C. The van der Waals surface area contributed by atoms with Crippen LogP contribution in [0.1, 0.15) is 43.4 Å². The molecule has 118 valence electrons. The Morgan fingerprint density at radius 3 is 2.45 bits per heavy atom. The minimum absolute atomic E-state index is 0.529. The molecule has 6 nitrogen and oxygen atoms in total. The van der Waals surface area contributed by atoms with Crippen LogP contribution in [0.5, 0.6) is 0 Å². The van der Waals surface area contributed by atoms with Crippen molar-refractivity contribution in [2.45, 2.75) is 57.3 Å². The zero-order chi connectivity index (χ0) is 15.3. The van der Waals surface area contributed by atoms with E-state index in [-0.39, 0.29) is 0 Å². The molecule has 0 aliphatic carbocycles. The van der Waals surface area contributed by atoms with Gasteiger partial charge in [-0.2, -0.15) is 5.10 Å². The van der Waals surface area contributed by atoms with E-state index in [9.17, 15) is 0 Å². The van der Waals surface area contributed by atoms with Crippen molar-refractivity contribution in [1.82, 2.24) is 29.4 Å². The second kappa shape index (κ2) is 5.45. The maximum atomic E-state index is 4.49. The van der Waals surface area contributed by atoms with Gasteiger partial charge in [-0.1, -0.05) is 0 Å². The molecule has 7 heteroatoms. The summed E-state index contributed by atoms with van der Waals surface area (Å²) in [6.45, 7) is 2.93. The number of halogens is 1. The van der Waals surface area contributed by atoms with Crippen molar-refractivity contribution in [3.8, 4) is 0 Å². The van der Waals surface area contributed by atoms with E-state index in [2.05, 4.69) is 58.6 Å². The molecular weight excluding hydrogens is 344 g/mol. The van der Waals surface area contributed by atoms with E-state index < -0.39 is 0 Å². The third kappa shape index (κ3) is 2.40. The molecule has 2 aromatic heterocycles. The van der Waals surface area contributed by atoms with E-state index in [4.69, 9.17) is 0 Å². The topological polar surface area (TPSA) is 51.8 Å². The predicted octanol–water partition coefficient (Wildman–Crippen LogP) is 2.45. The van der Waals surface area contributed by atoms with Crippen LogP contribution in [0.15, 0.2) is 16.9 Å². The van der Waals surface area contributed by atoms with Crippen molar-refractivity contribution in [3.05, 3.63) is 28.5 Å². The Balaban J connectivity index is 1.50. The molecule has 2 atom stereocenters. The van der Waals surface area contributed by atoms with Crippen LogP contribution in [0.3, 0.4) is 0 Å². The Morgan fingerprint density at radius 1 is 1.18 bits per heavy atom. The molecule has 2 aliphatic rings. The van der Waals surface area contributed by atoms with Gasteiger partial charge in [0.2, 0.25) is 0 Å². The molecule has 0 radical (unpaired) electrons. The van der Waals surface area contributed by atoms with Gasteiger partial charge in [0.1, 0.15) is 11.6 Å². The lowest BCUT2D eigenvalue weighted by atomic mass is 9.97. The average Bonchev–Trinajstić information content (AvgIpc) is 3.12. The summed E-state index contributed by atoms with van der Waals surface area (Å²) in [5, 5.41) is 13.0. The number of rotatable bonds is 3. The predicted molar refractivity (Wildman–Crippen MR) is 86.3 cm³/mol. The molecular formula is C15H21BrN6. The summed E-state index contributed by atoms with van der Waals surface area (Å²) in [5.41, 5.74) is 0. The summed E-state index contributed by atoms with van der Waals surface area (Å²) < 4.78 is 5.31. The summed E-state index contributed by atoms with van der Waals surface area (Å²) >= 11 is 3.50. The lowest BCUT2D eigenvalue weighted by Crippen LogP contribution is -2.43. The smallest absolute Gasteiger partial charge is 0.146 e. The first-order chi connectivity index (χ1) is 10.6. The van der Waals surface area contributed by atoms with Crippen LogP contribution in [0.2, 0.25) is 0 Å². The molecule has 2 bridgehead atoms. The second-order valence-corrected chi connectivity index (χ2v) is 7.46. The standard InChI is InChI=1S/C15H21BrN6/c1-10-18-19-15(20(10)2)9-21-12-3-4-13(21)6-14(5-12)22-8-11(16)7-17-22/h7-8,12-14H,3-6,9H2,1-2H3. The lowest BCUT2D eigenvalue weighted by Gasteiger charge is -2.38. The number of hydrogen-bond acceptors (Lipinski definition) is 4. The Bertz CT molecular complexity index is 663. The van der Waals surface area contributed by atoms with E-state index in [1.54, 1.807) is 0 Å². The minimum Gasteiger partial charge on any atom is -0.317 e. The van der Waals surface area contributed by atoms with Gasteiger partial charge in [0.25, 0.3) is 0 Å². The van der Waals surface area contributed by atoms with E-state index in [0.29, 0.717) is 18.1 Å². The summed E-state index contributed by atoms with van der Waals surface area (Å²) in [6.07, 6.45) is 8.94. The Hall–Kier alpha value is -1.21. The summed E-state index contributed by atoms with van der Waals surface area (Å²) in [4.78, 5) is 2.64. The molecule has 4 heterocycles. The molecule has 0 spiro atoms. The zero-order valence-electron chi connectivity index (χ0n) is 13.0. The highest BCUT2D eigenvalue weighted by atomic mass is 79.9. The van der Waals surface area contributed by atoms with Crippen molar-refractivity contribution >= 4 is 15.9 Å². The van der Waals surface area contributed by atoms with Gasteiger partial charge < -0.3 is 4.57 Å². The first-order valence-corrected chi connectivity index (χ1v) is 8.71. The van der Waals surface area contributed by atoms with Gasteiger partial charge >= 0.3 is 0 Å². The summed E-state index contributed by atoms with van der Waals surface area (Å²) in [5.74, 6) is 2.06. The first-order valence-electron chi connectivity index (χ1n) is 7.92. The van der Waals surface area contributed by atoms with E-state index >= 15 is 0 Å². The quantitative estimate of drug-likeness (QED) is 0.839. The highest BCUT2D eigenvalue weighted by Crippen LogP contribution is 2.41. The van der Waals surface area contributed by atoms with Gasteiger partial charge in [-0.15, -0.1) is 10.2 Å². The van der Waals surface area contributed by atoms with Crippen LogP contribution in [-0.2, 0) is 13.6 Å². The number of fused-ring (bicyclic) bond motifs is 2. The molecule has 0 amide bonds. The van der Waals surface area contributed by atoms with Gasteiger partial charge in [0.15, 0.2) is 0 Å². The molecule has 0 saturated carbocycles. The lowest BCUT2D eigenvalue weighted by molar-refractivity contribution is 0.0914. The maximum Gasteiger partial charge on any atom is 0.146 e. The minimum atomic E-state index is 0.529. The molecule has 0 N–H and O–H groups in total. The Morgan fingerprint density at radius 2 is 1.91 bits per heavy atom. The number of nitrogens with zero attached hydrogens (tertiary/aromatic N) is 6. The van der Waals surface area contributed by atoms with Crippen LogP contribution >= 0.6 is 15.9 Å². The van der Waals surface area contributed by atoms with Crippen LogP contribution < -0.4 is 0 Å². The molecule has 2 aliphatic heterocycles. The third-order valence-electron chi connectivity index (χ3n) is 5.31. The highest BCUT2D eigenvalue weighted by Gasteiger charge is 2.41. The fourth-order valence-corrected chi connectivity index (χ4v) is 4.29. The first kappa shape index (κ1) is 14.4. The largest absolute Gasteiger partial charge is 0.317 e. The molecule has 2 unspecified atom stereocenters. The third-order valence-corrected chi connectivity index (χ3v) is 5.72. The number of aryl methyl sites for hydroxylation is 1. The number of aromatic nitrogens is 5. The molecule has 0 aromatic carbocycles. The van der Waals surface area contributed by atoms with Gasteiger partial charge in [-0.05, 0) is 48.5 Å². The van der Waals surface area contributed by atoms with Crippen LogP contribution in [-0.4, -0.2) is 41.5 Å². The van der Waals surface area contributed by atoms with Crippen molar-refractivity contribution in [3.63, 3.8) is 0 Å². The molecule has 2 fully saturated rings. The monoisotopic (exact) mass is 364 g/mol. The Kier molecular flexibility index (Phi) is 3.57. The molecule has 22 heavy (non-hydrogen) atoms.